The van der Waals surface area contributed by atoms with Crippen LogP contribution in [0.2, 0.25) is 0 Å². The Labute approximate surface area is 87.2 Å². The van der Waals surface area contributed by atoms with Gasteiger partial charge in [0.05, 0.1) is 11.0 Å². The SMILES string of the molecule is CCn1c2ccccc2n2nc(C)nc12. The first-order valence-electron chi connectivity index (χ1n) is 5.12. The molecule has 0 aliphatic heterocycles. The normalized spacial score (nSPS) is 11.6. The van der Waals surface area contributed by atoms with Gasteiger partial charge in [0.25, 0.3) is 0 Å². The first-order valence-corrected chi connectivity index (χ1v) is 5.12. The fraction of sp³-hybridized carbons (Fsp3) is 0.273. The van der Waals surface area contributed by atoms with Crippen molar-refractivity contribution in [1.82, 2.24) is 19.2 Å². The number of fused-ring (bicyclic) bond motifs is 3. The van der Waals surface area contributed by atoms with E-state index in [0.717, 1.165) is 23.7 Å². The third kappa shape index (κ3) is 1.02. The Morgan fingerprint density at radius 3 is 2.67 bits per heavy atom. The van der Waals surface area contributed by atoms with Gasteiger partial charge in [0.2, 0.25) is 5.78 Å². The highest BCUT2D eigenvalue weighted by Gasteiger charge is 2.11. The fourth-order valence-electron chi connectivity index (χ4n) is 2.03. The minimum absolute atomic E-state index is 0.818. The van der Waals surface area contributed by atoms with E-state index in [1.165, 1.54) is 5.52 Å². The van der Waals surface area contributed by atoms with Crippen molar-refractivity contribution in [3.63, 3.8) is 0 Å². The molecule has 3 aromatic rings. The molecule has 4 nitrogen and oxygen atoms in total. The predicted octanol–water partition coefficient (Wildman–Crippen LogP) is 2.01. The van der Waals surface area contributed by atoms with Gasteiger partial charge in [-0.15, -0.1) is 5.10 Å². The second kappa shape index (κ2) is 2.82. The van der Waals surface area contributed by atoms with Crippen LogP contribution in [0, 0.1) is 6.92 Å². The molecule has 0 amide bonds. The third-order valence-corrected chi connectivity index (χ3v) is 2.65. The van der Waals surface area contributed by atoms with Crippen molar-refractivity contribution in [2.24, 2.45) is 0 Å². The van der Waals surface area contributed by atoms with E-state index in [4.69, 9.17) is 0 Å². The van der Waals surface area contributed by atoms with Crippen molar-refractivity contribution >= 4 is 16.8 Å². The van der Waals surface area contributed by atoms with Crippen LogP contribution in [0.3, 0.4) is 0 Å². The highest BCUT2D eigenvalue weighted by atomic mass is 15.4. The molecule has 2 heterocycles. The summed E-state index contributed by atoms with van der Waals surface area (Å²) in [7, 11) is 0. The van der Waals surface area contributed by atoms with E-state index in [1.807, 2.05) is 23.6 Å². The maximum Gasteiger partial charge on any atom is 0.233 e. The van der Waals surface area contributed by atoms with Gasteiger partial charge in [-0.2, -0.15) is 9.50 Å². The van der Waals surface area contributed by atoms with Crippen LogP contribution in [0.15, 0.2) is 24.3 Å². The lowest BCUT2D eigenvalue weighted by Crippen LogP contribution is -1.94. The predicted molar refractivity (Wildman–Crippen MR) is 58.9 cm³/mol. The fourth-order valence-corrected chi connectivity index (χ4v) is 2.03. The number of rotatable bonds is 1. The Balaban J connectivity index is 2.58. The molecule has 76 valence electrons. The maximum absolute atomic E-state index is 4.44. The molecular formula is C11H12N4. The molecule has 0 bridgehead atoms. The van der Waals surface area contributed by atoms with Crippen molar-refractivity contribution < 1.29 is 0 Å². The molecule has 0 spiro atoms. The number of hydrogen-bond donors (Lipinski definition) is 0. The summed E-state index contributed by atoms with van der Waals surface area (Å²) in [6.45, 7) is 4.95. The van der Waals surface area contributed by atoms with E-state index in [0.29, 0.717) is 0 Å². The first kappa shape index (κ1) is 8.47. The molecule has 4 heteroatoms. The van der Waals surface area contributed by atoms with Crippen LogP contribution in [0.4, 0.5) is 0 Å². The molecule has 0 atom stereocenters. The van der Waals surface area contributed by atoms with Crippen LogP contribution in [0.25, 0.3) is 16.8 Å². The van der Waals surface area contributed by atoms with E-state index in [9.17, 15) is 0 Å². The first-order chi connectivity index (χ1) is 7.31. The van der Waals surface area contributed by atoms with E-state index in [2.05, 4.69) is 33.7 Å². The summed E-state index contributed by atoms with van der Waals surface area (Å²) in [5, 5.41) is 4.39. The summed E-state index contributed by atoms with van der Waals surface area (Å²) >= 11 is 0. The molecule has 15 heavy (non-hydrogen) atoms. The quantitative estimate of drug-likeness (QED) is 0.602. The van der Waals surface area contributed by atoms with Gasteiger partial charge >= 0.3 is 0 Å². The van der Waals surface area contributed by atoms with Gasteiger partial charge in [0, 0.05) is 6.54 Å². The highest BCUT2D eigenvalue weighted by Crippen LogP contribution is 2.18. The third-order valence-electron chi connectivity index (χ3n) is 2.65. The standard InChI is InChI=1S/C11H12N4/c1-3-14-9-6-4-5-7-10(9)15-11(14)12-8(2)13-15/h4-7H,3H2,1-2H3. The lowest BCUT2D eigenvalue weighted by atomic mass is 10.3. The van der Waals surface area contributed by atoms with E-state index >= 15 is 0 Å². The van der Waals surface area contributed by atoms with Gasteiger partial charge in [-0.05, 0) is 26.0 Å². The van der Waals surface area contributed by atoms with Crippen molar-refractivity contribution in [2.75, 3.05) is 0 Å². The number of benzene rings is 1. The molecule has 3 rings (SSSR count). The molecule has 0 N–H and O–H groups in total. The largest absolute Gasteiger partial charge is 0.309 e. The second-order valence-corrected chi connectivity index (χ2v) is 3.60. The number of aromatic nitrogens is 4. The number of para-hydroxylation sites is 2. The second-order valence-electron chi connectivity index (χ2n) is 3.60. The topological polar surface area (TPSA) is 35.1 Å². The van der Waals surface area contributed by atoms with Gasteiger partial charge in [0.15, 0.2) is 0 Å². The average molecular weight is 200 g/mol. The summed E-state index contributed by atoms with van der Waals surface area (Å²) in [5.74, 6) is 1.74. The molecule has 0 saturated heterocycles. The van der Waals surface area contributed by atoms with Crippen molar-refractivity contribution in [3.05, 3.63) is 30.1 Å². The van der Waals surface area contributed by atoms with Gasteiger partial charge in [-0.1, -0.05) is 12.1 Å². The highest BCUT2D eigenvalue weighted by molar-refractivity contribution is 5.80. The average Bonchev–Trinajstić information content (AvgIpc) is 2.73. The minimum Gasteiger partial charge on any atom is -0.309 e. The number of nitrogens with zero attached hydrogens (tertiary/aromatic N) is 4. The molecule has 1 aromatic carbocycles. The van der Waals surface area contributed by atoms with Gasteiger partial charge < -0.3 is 4.57 Å². The summed E-state index contributed by atoms with van der Waals surface area (Å²) in [6, 6.07) is 8.24. The van der Waals surface area contributed by atoms with Gasteiger partial charge in [-0.3, -0.25) is 0 Å². The summed E-state index contributed by atoms with van der Waals surface area (Å²) in [6.07, 6.45) is 0. The molecular weight excluding hydrogens is 188 g/mol. The van der Waals surface area contributed by atoms with Crippen LogP contribution in [-0.2, 0) is 6.54 Å². The van der Waals surface area contributed by atoms with Gasteiger partial charge in [-0.25, -0.2) is 0 Å². The van der Waals surface area contributed by atoms with Crippen LogP contribution in [0.5, 0.6) is 0 Å². The molecule has 0 fully saturated rings. The Morgan fingerprint density at radius 1 is 1.20 bits per heavy atom. The van der Waals surface area contributed by atoms with Crippen LogP contribution in [-0.4, -0.2) is 19.2 Å². The zero-order valence-corrected chi connectivity index (χ0v) is 8.81. The number of imidazole rings is 1. The Bertz CT molecular complexity index is 632. The minimum atomic E-state index is 0.818. The Morgan fingerprint density at radius 2 is 1.93 bits per heavy atom. The van der Waals surface area contributed by atoms with Gasteiger partial charge in [0.1, 0.15) is 5.82 Å². The molecule has 0 saturated carbocycles. The molecule has 0 aliphatic carbocycles. The zero-order valence-electron chi connectivity index (χ0n) is 8.81. The van der Waals surface area contributed by atoms with E-state index < -0.39 is 0 Å². The maximum atomic E-state index is 4.44. The van der Waals surface area contributed by atoms with Crippen molar-refractivity contribution in [2.45, 2.75) is 20.4 Å². The lowest BCUT2D eigenvalue weighted by Gasteiger charge is -1.97. The summed E-state index contributed by atoms with van der Waals surface area (Å²) in [5.41, 5.74) is 2.31. The van der Waals surface area contributed by atoms with Crippen LogP contribution < -0.4 is 0 Å². The number of hydrogen-bond acceptors (Lipinski definition) is 2. The molecule has 0 radical (unpaired) electrons. The monoisotopic (exact) mass is 200 g/mol. The molecule has 0 aliphatic rings. The molecule has 2 aromatic heterocycles. The number of aryl methyl sites for hydroxylation is 2. The van der Waals surface area contributed by atoms with E-state index in [-0.39, 0.29) is 0 Å². The van der Waals surface area contributed by atoms with E-state index in [1.54, 1.807) is 0 Å². The molecule has 0 unspecified atom stereocenters. The smallest absolute Gasteiger partial charge is 0.233 e. The van der Waals surface area contributed by atoms with Crippen molar-refractivity contribution in [1.29, 1.82) is 0 Å². The Kier molecular flexibility index (Phi) is 1.59. The zero-order chi connectivity index (χ0) is 10.4. The lowest BCUT2D eigenvalue weighted by molar-refractivity contribution is 0.802. The summed E-state index contributed by atoms with van der Waals surface area (Å²) < 4.78 is 4.09. The van der Waals surface area contributed by atoms with Crippen LogP contribution in [0.1, 0.15) is 12.7 Å². The van der Waals surface area contributed by atoms with Crippen molar-refractivity contribution in [3.8, 4) is 0 Å². The van der Waals surface area contributed by atoms with Crippen LogP contribution >= 0.6 is 0 Å². The Hall–Kier alpha value is -1.84. The summed E-state index contributed by atoms with van der Waals surface area (Å²) in [4.78, 5) is 4.44.